The van der Waals surface area contributed by atoms with Gasteiger partial charge in [-0.15, -0.1) is 11.3 Å². The topological polar surface area (TPSA) is 123 Å². The summed E-state index contributed by atoms with van der Waals surface area (Å²) in [7, 11) is 1.42. The van der Waals surface area contributed by atoms with Gasteiger partial charge in [-0.3, -0.25) is 18.7 Å². The number of aromatic nitrogens is 4. The lowest BCUT2D eigenvalue weighted by Crippen LogP contribution is -2.39. The minimum atomic E-state index is -0.490. The molecule has 9 nitrogen and oxygen atoms in total. The van der Waals surface area contributed by atoms with Crippen molar-refractivity contribution < 1.29 is 4.79 Å². The molecule has 11 heteroatoms. The average molecular weight is 459 g/mol. The van der Waals surface area contributed by atoms with Crippen molar-refractivity contribution in [1.82, 2.24) is 19.1 Å². The number of nitrogens with zero attached hydrogens (tertiary/aromatic N) is 5. The molecule has 0 aromatic carbocycles. The molecular formula is C20H22N6O3S2. The minimum absolute atomic E-state index is 0.0114. The summed E-state index contributed by atoms with van der Waals surface area (Å²) in [5.41, 5.74) is -0.226. The van der Waals surface area contributed by atoms with Crippen molar-refractivity contribution in [3.8, 4) is 6.07 Å². The largest absolute Gasteiger partial charge is 0.332 e. The smallest absolute Gasteiger partial charge is 0.316 e. The third kappa shape index (κ3) is 4.55. The maximum Gasteiger partial charge on any atom is 0.332 e. The Morgan fingerprint density at radius 3 is 2.74 bits per heavy atom. The molecule has 3 rings (SSSR count). The van der Waals surface area contributed by atoms with E-state index in [1.165, 1.54) is 23.0 Å². The summed E-state index contributed by atoms with van der Waals surface area (Å²) >= 11 is 2.38. The van der Waals surface area contributed by atoms with Gasteiger partial charge in [0.1, 0.15) is 27.3 Å². The molecule has 31 heavy (non-hydrogen) atoms. The molecule has 0 aliphatic heterocycles. The van der Waals surface area contributed by atoms with Crippen LogP contribution >= 0.6 is 23.1 Å². The van der Waals surface area contributed by atoms with E-state index in [0.717, 1.165) is 16.3 Å². The standard InChI is InChI=1S/C20H22N6O3S2/c1-5-7-26-16-14(19(28)25(4)20(26)29)18(24-15(23-16)11(2)3)31-10-13(27)22-17-12(9-21)6-8-30-17/h6,8,11H,5,7,10H2,1-4H3,(H,22,27). The highest BCUT2D eigenvalue weighted by Crippen LogP contribution is 2.26. The molecule has 0 aliphatic rings. The van der Waals surface area contributed by atoms with Crippen LogP contribution in [0.1, 0.15) is 44.5 Å². The van der Waals surface area contributed by atoms with Crippen LogP contribution in [0.15, 0.2) is 26.1 Å². The van der Waals surface area contributed by atoms with Gasteiger partial charge in [-0.25, -0.2) is 14.8 Å². The summed E-state index contributed by atoms with van der Waals surface area (Å²) in [6.07, 6.45) is 0.696. The zero-order valence-corrected chi connectivity index (χ0v) is 19.3. The molecule has 162 valence electrons. The molecule has 0 saturated heterocycles. The molecule has 1 N–H and O–H groups in total. The number of fused-ring (bicyclic) bond motifs is 1. The Bertz CT molecular complexity index is 1300. The first-order valence-electron chi connectivity index (χ1n) is 9.70. The molecule has 0 aliphatic carbocycles. The number of nitriles is 1. The van der Waals surface area contributed by atoms with E-state index in [4.69, 9.17) is 5.26 Å². The highest BCUT2D eigenvalue weighted by atomic mass is 32.2. The fourth-order valence-electron chi connectivity index (χ4n) is 2.93. The first kappa shape index (κ1) is 22.7. The number of nitrogens with one attached hydrogen (secondary N) is 1. The Balaban J connectivity index is 2.04. The number of hydrogen-bond acceptors (Lipinski definition) is 8. The molecule has 0 fully saturated rings. The van der Waals surface area contributed by atoms with Gasteiger partial charge in [-0.2, -0.15) is 5.26 Å². The lowest BCUT2D eigenvalue weighted by atomic mass is 10.2. The van der Waals surface area contributed by atoms with Gasteiger partial charge in [0, 0.05) is 19.5 Å². The van der Waals surface area contributed by atoms with Crippen molar-refractivity contribution >= 4 is 45.0 Å². The zero-order chi connectivity index (χ0) is 22.7. The highest BCUT2D eigenvalue weighted by molar-refractivity contribution is 8.00. The number of hydrogen-bond donors (Lipinski definition) is 1. The van der Waals surface area contributed by atoms with Crippen LogP contribution in [0.4, 0.5) is 5.00 Å². The van der Waals surface area contributed by atoms with Gasteiger partial charge in [0.2, 0.25) is 5.91 Å². The number of carbonyl (C=O) groups excluding carboxylic acids is 1. The molecule has 3 heterocycles. The van der Waals surface area contributed by atoms with E-state index in [1.807, 2.05) is 26.8 Å². The summed E-state index contributed by atoms with van der Waals surface area (Å²) in [6, 6.07) is 3.66. The lowest BCUT2D eigenvalue weighted by Gasteiger charge is -2.15. The van der Waals surface area contributed by atoms with E-state index in [1.54, 1.807) is 11.4 Å². The molecular weight excluding hydrogens is 436 g/mol. The monoisotopic (exact) mass is 458 g/mol. The first-order valence-corrected chi connectivity index (χ1v) is 11.6. The summed E-state index contributed by atoms with van der Waals surface area (Å²) in [5, 5.41) is 14.6. The van der Waals surface area contributed by atoms with Crippen molar-refractivity contribution in [3.05, 3.63) is 43.7 Å². The number of carbonyl (C=O) groups is 1. The summed E-state index contributed by atoms with van der Waals surface area (Å²) in [4.78, 5) is 47.1. The Hall–Kier alpha value is -2.97. The van der Waals surface area contributed by atoms with Crippen molar-refractivity contribution in [1.29, 1.82) is 5.26 Å². The normalized spacial score (nSPS) is 11.1. The van der Waals surface area contributed by atoms with Crippen LogP contribution in [-0.2, 0) is 18.4 Å². The summed E-state index contributed by atoms with van der Waals surface area (Å²) < 4.78 is 2.53. The van der Waals surface area contributed by atoms with Gasteiger partial charge in [0.05, 0.1) is 11.3 Å². The minimum Gasteiger partial charge on any atom is -0.316 e. The van der Waals surface area contributed by atoms with Gasteiger partial charge in [-0.05, 0) is 17.9 Å². The Morgan fingerprint density at radius 1 is 1.35 bits per heavy atom. The second-order valence-corrected chi connectivity index (χ2v) is 9.03. The number of thioether (sulfide) groups is 1. The van der Waals surface area contributed by atoms with Gasteiger partial charge in [-0.1, -0.05) is 32.5 Å². The Morgan fingerprint density at radius 2 is 2.10 bits per heavy atom. The van der Waals surface area contributed by atoms with Gasteiger partial charge < -0.3 is 5.32 Å². The fourth-order valence-corrected chi connectivity index (χ4v) is 4.51. The van der Waals surface area contributed by atoms with Crippen LogP contribution in [0.3, 0.4) is 0 Å². The van der Waals surface area contributed by atoms with Crippen molar-refractivity contribution in [2.24, 2.45) is 7.05 Å². The van der Waals surface area contributed by atoms with Crippen molar-refractivity contribution in [2.75, 3.05) is 11.1 Å². The summed E-state index contributed by atoms with van der Waals surface area (Å²) in [6.45, 7) is 6.20. The second-order valence-electron chi connectivity index (χ2n) is 7.15. The van der Waals surface area contributed by atoms with E-state index in [9.17, 15) is 14.4 Å². The van der Waals surface area contributed by atoms with Gasteiger partial charge in [0.15, 0.2) is 5.65 Å². The van der Waals surface area contributed by atoms with E-state index in [-0.39, 0.29) is 23.0 Å². The third-order valence-corrected chi connectivity index (χ3v) is 6.31. The van der Waals surface area contributed by atoms with E-state index >= 15 is 0 Å². The number of aryl methyl sites for hydroxylation is 1. The van der Waals surface area contributed by atoms with Crippen LogP contribution in [0, 0.1) is 11.3 Å². The van der Waals surface area contributed by atoms with Gasteiger partial charge >= 0.3 is 5.69 Å². The number of rotatable bonds is 7. The molecule has 3 aromatic rings. The molecule has 0 radical (unpaired) electrons. The molecule has 3 aromatic heterocycles. The van der Waals surface area contributed by atoms with Crippen molar-refractivity contribution in [3.63, 3.8) is 0 Å². The van der Waals surface area contributed by atoms with Crippen LogP contribution in [0.5, 0.6) is 0 Å². The SMILES string of the molecule is CCCn1c(=O)n(C)c(=O)c2c(SCC(=O)Nc3sccc3C#N)nc(C(C)C)nc21. The molecule has 0 saturated carbocycles. The second kappa shape index (κ2) is 9.45. The number of amides is 1. The predicted octanol–water partition coefficient (Wildman–Crippen LogP) is 2.69. The maximum atomic E-state index is 12.9. The molecule has 1 amide bonds. The van der Waals surface area contributed by atoms with Crippen LogP contribution < -0.4 is 16.6 Å². The van der Waals surface area contributed by atoms with Gasteiger partial charge in [0.25, 0.3) is 5.56 Å². The average Bonchev–Trinajstić information content (AvgIpc) is 3.19. The van der Waals surface area contributed by atoms with Crippen LogP contribution in [0.2, 0.25) is 0 Å². The predicted molar refractivity (Wildman–Crippen MR) is 122 cm³/mol. The molecule has 0 bridgehead atoms. The number of anilines is 1. The molecule has 0 atom stereocenters. The van der Waals surface area contributed by atoms with Crippen LogP contribution in [-0.4, -0.2) is 30.8 Å². The number of thiophene rings is 1. The Kier molecular flexibility index (Phi) is 6.92. The fraction of sp³-hybridized carbons (Fsp3) is 0.400. The van der Waals surface area contributed by atoms with E-state index in [2.05, 4.69) is 15.3 Å². The maximum absolute atomic E-state index is 12.9. The first-order chi connectivity index (χ1) is 14.8. The summed E-state index contributed by atoms with van der Waals surface area (Å²) in [5.74, 6) is 0.136. The molecule has 0 unspecified atom stereocenters. The van der Waals surface area contributed by atoms with Crippen LogP contribution in [0.25, 0.3) is 11.0 Å². The zero-order valence-electron chi connectivity index (χ0n) is 17.6. The van der Waals surface area contributed by atoms with Crippen molar-refractivity contribution in [2.45, 2.75) is 44.7 Å². The molecule has 0 spiro atoms. The van der Waals surface area contributed by atoms with E-state index < -0.39 is 11.2 Å². The Labute approximate surface area is 186 Å². The van der Waals surface area contributed by atoms with E-state index in [0.29, 0.717) is 40.0 Å². The highest BCUT2D eigenvalue weighted by Gasteiger charge is 2.20. The lowest BCUT2D eigenvalue weighted by molar-refractivity contribution is -0.113. The quantitative estimate of drug-likeness (QED) is 0.426. The third-order valence-electron chi connectivity index (χ3n) is 4.51.